The van der Waals surface area contributed by atoms with Gasteiger partial charge in [-0.1, -0.05) is 30.3 Å². The third kappa shape index (κ3) is 1.31. The molecule has 0 saturated heterocycles. The molecule has 1 aromatic rings. The van der Waals surface area contributed by atoms with E-state index >= 15 is 0 Å². The molecule has 1 heteroatoms. The first-order valence-electron chi connectivity index (χ1n) is 2.58. The molecule has 0 saturated carbocycles. The van der Waals surface area contributed by atoms with E-state index in [1.165, 1.54) is 5.56 Å². The molecule has 0 unspecified atom stereocenters. The van der Waals surface area contributed by atoms with Crippen molar-refractivity contribution in [3.05, 3.63) is 35.9 Å². The molecule has 0 N–H and O–H groups in total. The average molecular weight is 122 g/mol. The van der Waals surface area contributed by atoms with Crippen molar-refractivity contribution >= 4 is 9.24 Å². The minimum absolute atomic E-state index is 0.834. The van der Waals surface area contributed by atoms with E-state index in [-0.39, 0.29) is 0 Å². The average Bonchev–Trinajstić information content (AvgIpc) is 1.90. The summed E-state index contributed by atoms with van der Waals surface area (Å²) in [5.74, 6) is 0. The van der Waals surface area contributed by atoms with Crippen molar-refractivity contribution in [1.82, 2.24) is 0 Å². The van der Waals surface area contributed by atoms with Crippen LogP contribution in [0, 0.1) is 0 Å². The summed E-state index contributed by atoms with van der Waals surface area (Å²) in [6.45, 7) is 0. The highest BCUT2D eigenvalue weighted by molar-refractivity contribution is 7.15. The molecular weight excluding hydrogens is 115 g/mol. The Morgan fingerprint density at radius 1 is 1.12 bits per heavy atom. The van der Waals surface area contributed by atoms with Crippen LogP contribution >= 0.6 is 9.24 Å². The molecule has 1 rings (SSSR count). The molecule has 0 aliphatic heterocycles. The molecule has 0 aliphatic rings. The van der Waals surface area contributed by atoms with Crippen LogP contribution in [-0.2, 0) is 6.16 Å². The van der Waals surface area contributed by atoms with E-state index in [1.54, 1.807) is 0 Å². The van der Waals surface area contributed by atoms with Gasteiger partial charge in [0.25, 0.3) is 0 Å². The smallest absolute Gasteiger partial charge is 0.00110 e. The number of hydrogen-bond acceptors (Lipinski definition) is 0. The van der Waals surface area contributed by atoms with Crippen LogP contribution in [0.25, 0.3) is 0 Å². The van der Waals surface area contributed by atoms with Crippen molar-refractivity contribution in [2.45, 2.75) is 6.16 Å². The van der Waals surface area contributed by atoms with Gasteiger partial charge >= 0.3 is 0 Å². The second kappa shape index (κ2) is 2.84. The lowest BCUT2D eigenvalue weighted by Crippen LogP contribution is -1.70. The van der Waals surface area contributed by atoms with Crippen LogP contribution in [0.3, 0.4) is 0 Å². The van der Waals surface area contributed by atoms with E-state index in [1.807, 2.05) is 18.2 Å². The Kier molecular flexibility index (Phi) is 2.05. The van der Waals surface area contributed by atoms with E-state index in [0.717, 1.165) is 6.16 Å². The maximum atomic E-state index is 4.11. The van der Waals surface area contributed by atoms with Crippen LogP contribution in [0.2, 0.25) is 0 Å². The molecule has 2 radical (unpaired) electrons. The Balaban J connectivity index is 2.83. The first kappa shape index (κ1) is 5.78. The van der Waals surface area contributed by atoms with Crippen LogP contribution in [0.5, 0.6) is 0 Å². The molecular formula is C7H7P. The van der Waals surface area contributed by atoms with Gasteiger partial charge in [-0.05, 0) is 14.8 Å². The maximum absolute atomic E-state index is 4.11. The topological polar surface area (TPSA) is 0 Å². The fourth-order valence-electron chi connectivity index (χ4n) is 0.583. The summed E-state index contributed by atoms with van der Waals surface area (Å²) in [4.78, 5) is 0. The molecule has 0 amide bonds. The summed E-state index contributed by atoms with van der Waals surface area (Å²) in [5.41, 5.74) is 1.27. The zero-order chi connectivity index (χ0) is 5.82. The van der Waals surface area contributed by atoms with E-state index < -0.39 is 0 Å². The Hall–Kier alpha value is -0.350. The lowest BCUT2D eigenvalue weighted by molar-refractivity contribution is 1.42. The minimum Gasteiger partial charge on any atom is -0.0622 e. The van der Waals surface area contributed by atoms with Gasteiger partial charge < -0.3 is 0 Å². The third-order valence-corrected chi connectivity index (χ3v) is 1.39. The summed E-state index contributed by atoms with van der Waals surface area (Å²) in [7, 11) is 4.11. The second-order valence-electron chi connectivity index (χ2n) is 1.64. The van der Waals surface area contributed by atoms with Crippen molar-refractivity contribution in [2.24, 2.45) is 0 Å². The zero-order valence-electron chi connectivity index (χ0n) is 4.54. The van der Waals surface area contributed by atoms with E-state index in [9.17, 15) is 0 Å². The lowest BCUT2D eigenvalue weighted by atomic mass is 10.2. The van der Waals surface area contributed by atoms with Crippen molar-refractivity contribution in [3.8, 4) is 0 Å². The van der Waals surface area contributed by atoms with Crippen molar-refractivity contribution in [2.75, 3.05) is 0 Å². The van der Waals surface area contributed by atoms with Crippen LogP contribution in [-0.4, -0.2) is 0 Å². The monoisotopic (exact) mass is 122 g/mol. The summed E-state index contributed by atoms with van der Waals surface area (Å²) < 4.78 is 0. The molecule has 0 aromatic heterocycles. The fraction of sp³-hybridized carbons (Fsp3) is 0.143. The van der Waals surface area contributed by atoms with Gasteiger partial charge in [-0.2, -0.15) is 0 Å². The Bertz CT molecular complexity index is 146. The van der Waals surface area contributed by atoms with Gasteiger partial charge in [0.1, 0.15) is 0 Å². The number of benzene rings is 1. The molecule has 0 spiro atoms. The van der Waals surface area contributed by atoms with Gasteiger partial charge in [-0.25, -0.2) is 0 Å². The summed E-state index contributed by atoms with van der Waals surface area (Å²) in [6.07, 6.45) is 0.834. The Morgan fingerprint density at radius 2 is 1.75 bits per heavy atom. The third-order valence-electron chi connectivity index (χ3n) is 1.03. The Labute approximate surface area is 52.1 Å². The number of hydrogen-bond donors (Lipinski definition) is 0. The molecule has 40 valence electrons. The normalized spacial score (nSPS) is 9.12. The summed E-state index contributed by atoms with van der Waals surface area (Å²) in [5, 5.41) is 0. The largest absolute Gasteiger partial charge is 0.0622 e. The maximum Gasteiger partial charge on any atom is 0.00110 e. The SMILES string of the molecule is [P]Cc1ccccc1. The van der Waals surface area contributed by atoms with E-state index in [0.29, 0.717) is 0 Å². The second-order valence-corrected chi connectivity index (χ2v) is 1.96. The van der Waals surface area contributed by atoms with Crippen LogP contribution in [0.1, 0.15) is 5.56 Å². The predicted octanol–water partition coefficient (Wildman–Crippen LogP) is 2.60. The van der Waals surface area contributed by atoms with Gasteiger partial charge in [-0.15, -0.1) is 0 Å². The Morgan fingerprint density at radius 3 is 2.12 bits per heavy atom. The van der Waals surface area contributed by atoms with Crippen LogP contribution in [0.15, 0.2) is 30.3 Å². The molecule has 0 fully saturated rings. The van der Waals surface area contributed by atoms with Crippen LogP contribution < -0.4 is 0 Å². The highest BCUT2D eigenvalue weighted by Crippen LogP contribution is 2.02. The molecule has 8 heavy (non-hydrogen) atoms. The molecule has 0 nitrogen and oxygen atoms in total. The van der Waals surface area contributed by atoms with Gasteiger partial charge in [0.2, 0.25) is 0 Å². The van der Waals surface area contributed by atoms with Crippen molar-refractivity contribution in [3.63, 3.8) is 0 Å². The molecule has 0 heterocycles. The van der Waals surface area contributed by atoms with Crippen molar-refractivity contribution in [1.29, 1.82) is 0 Å². The lowest BCUT2D eigenvalue weighted by Gasteiger charge is -1.88. The molecule has 0 aliphatic carbocycles. The summed E-state index contributed by atoms with van der Waals surface area (Å²) >= 11 is 0. The van der Waals surface area contributed by atoms with Gasteiger partial charge in [-0.3, -0.25) is 0 Å². The van der Waals surface area contributed by atoms with Gasteiger partial charge in [0, 0.05) is 6.16 Å². The van der Waals surface area contributed by atoms with Gasteiger partial charge in [0.05, 0.1) is 0 Å². The first-order chi connectivity index (χ1) is 3.93. The fourth-order valence-corrected chi connectivity index (χ4v) is 0.794. The number of rotatable bonds is 1. The van der Waals surface area contributed by atoms with Gasteiger partial charge in [0.15, 0.2) is 0 Å². The first-order valence-corrected chi connectivity index (χ1v) is 3.21. The quantitative estimate of drug-likeness (QED) is 0.502. The minimum atomic E-state index is 0.834. The van der Waals surface area contributed by atoms with E-state index in [2.05, 4.69) is 21.4 Å². The molecule has 0 bridgehead atoms. The summed E-state index contributed by atoms with van der Waals surface area (Å²) in [6, 6.07) is 10.2. The highest BCUT2D eigenvalue weighted by atomic mass is 31.0. The highest BCUT2D eigenvalue weighted by Gasteiger charge is 1.80. The molecule has 0 atom stereocenters. The van der Waals surface area contributed by atoms with Crippen LogP contribution in [0.4, 0.5) is 0 Å². The van der Waals surface area contributed by atoms with E-state index in [4.69, 9.17) is 0 Å². The zero-order valence-corrected chi connectivity index (χ0v) is 5.44. The van der Waals surface area contributed by atoms with Crippen molar-refractivity contribution < 1.29 is 0 Å². The predicted molar refractivity (Wildman–Crippen MR) is 37.1 cm³/mol. The standard InChI is InChI=1S/C7H7P/c8-6-7-4-2-1-3-5-7/h1-5H,6H2. The molecule has 1 aromatic carbocycles.